The molecule has 1 aromatic heterocycles. The van der Waals surface area contributed by atoms with Crippen LogP contribution in [0, 0.1) is 13.8 Å². The average molecular weight is 548 g/mol. The van der Waals surface area contributed by atoms with Crippen molar-refractivity contribution in [1.29, 1.82) is 0 Å². The van der Waals surface area contributed by atoms with Gasteiger partial charge in [0.1, 0.15) is 12.1 Å². The lowest BCUT2D eigenvalue weighted by atomic mass is 10.0. The molecule has 0 bridgehead atoms. The molecule has 5 rings (SSSR count). The molecule has 0 radical (unpaired) electrons. The molecule has 0 aliphatic carbocycles. The van der Waals surface area contributed by atoms with Gasteiger partial charge in [-0.1, -0.05) is 65.7 Å². The molecular formula is C34H33N3O4. The molecule has 0 aliphatic rings. The smallest absolute Gasteiger partial charge is 0.327 e. The van der Waals surface area contributed by atoms with Gasteiger partial charge in [0.15, 0.2) is 0 Å². The van der Waals surface area contributed by atoms with Gasteiger partial charge in [-0.15, -0.1) is 0 Å². The van der Waals surface area contributed by atoms with Gasteiger partial charge in [0.2, 0.25) is 5.91 Å². The number of aromatic amines is 1. The summed E-state index contributed by atoms with van der Waals surface area (Å²) in [6.07, 6.45) is 1.88. The molecule has 1 heterocycles. The number of hydrogen-bond acceptors (Lipinski definition) is 3. The normalized spacial score (nSPS) is 12.7. The lowest BCUT2D eigenvalue weighted by Crippen LogP contribution is -2.54. The number of aryl methyl sites for hydroxylation is 2. The second kappa shape index (κ2) is 11.3. The molecule has 7 heteroatoms. The van der Waals surface area contributed by atoms with Crippen LogP contribution in [0.15, 0.2) is 91.1 Å². The summed E-state index contributed by atoms with van der Waals surface area (Å²) in [6, 6.07) is 24.3. The molecule has 2 amide bonds. The molecule has 0 aliphatic heterocycles. The zero-order chi connectivity index (χ0) is 29.3. The first kappa shape index (κ1) is 27.6. The minimum absolute atomic E-state index is 0.0827. The third-order valence-electron chi connectivity index (χ3n) is 7.66. The number of carbonyl (C=O) groups excluding carboxylic acids is 2. The largest absolute Gasteiger partial charge is 0.480 e. The fraction of sp³-hybridized carbons (Fsp3) is 0.206. The zero-order valence-corrected chi connectivity index (χ0v) is 23.6. The van der Waals surface area contributed by atoms with E-state index < -0.39 is 24.0 Å². The van der Waals surface area contributed by atoms with E-state index >= 15 is 0 Å². The van der Waals surface area contributed by atoms with Crippen LogP contribution in [-0.4, -0.2) is 51.9 Å². The van der Waals surface area contributed by atoms with Gasteiger partial charge in [0.25, 0.3) is 5.91 Å². The van der Waals surface area contributed by atoms with Crippen molar-refractivity contribution < 1.29 is 19.5 Å². The lowest BCUT2D eigenvalue weighted by Gasteiger charge is -2.34. The second-order valence-electron chi connectivity index (χ2n) is 10.6. The molecular weight excluding hydrogens is 514 g/mol. The lowest BCUT2D eigenvalue weighted by molar-refractivity contribution is -0.140. The number of carboxylic acids is 1. The summed E-state index contributed by atoms with van der Waals surface area (Å²) in [5.41, 5.74) is 4.52. The number of nitrogens with zero attached hydrogens (tertiary/aromatic N) is 2. The molecule has 41 heavy (non-hydrogen) atoms. The van der Waals surface area contributed by atoms with Crippen LogP contribution in [0.25, 0.3) is 21.7 Å². The van der Waals surface area contributed by atoms with Crippen LogP contribution in [0.4, 0.5) is 5.69 Å². The third kappa shape index (κ3) is 5.57. The topological polar surface area (TPSA) is 93.7 Å². The van der Waals surface area contributed by atoms with Crippen molar-refractivity contribution in [2.24, 2.45) is 0 Å². The first-order valence-electron chi connectivity index (χ1n) is 13.6. The monoisotopic (exact) mass is 547 g/mol. The highest BCUT2D eigenvalue weighted by atomic mass is 16.4. The Kier molecular flexibility index (Phi) is 7.62. The maximum atomic E-state index is 14.3. The fourth-order valence-electron chi connectivity index (χ4n) is 5.43. The number of anilines is 1. The second-order valence-corrected chi connectivity index (χ2v) is 10.6. The maximum absolute atomic E-state index is 14.3. The Bertz CT molecular complexity index is 1750. The average Bonchev–Trinajstić information content (AvgIpc) is 3.37. The van der Waals surface area contributed by atoms with Gasteiger partial charge in [-0.25, -0.2) is 4.79 Å². The first-order valence-corrected chi connectivity index (χ1v) is 13.6. The molecule has 2 N–H and O–H groups in total. The number of carbonyl (C=O) groups is 3. The van der Waals surface area contributed by atoms with Crippen LogP contribution in [0.3, 0.4) is 0 Å². The number of nitrogens with one attached hydrogen (secondary N) is 1. The van der Waals surface area contributed by atoms with Gasteiger partial charge in [-0.05, 0) is 67.4 Å². The molecule has 208 valence electrons. The van der Waals surface area contributed by atoms with Gasteiger partial charge in [-0.2, -0.15) is 0 Å². The summed E-state index contributed by atoms with van der Waals surface area (Å²) >= 11 is 0. The number of rotatable bonds is 8. The Morgan fingerprint density at radius 2 is 1.51 bits per heavy atom. The number of H-pyrrole nitrogens is 1. The van der Waals surface area contributed by atoms with E-state index in [-0.39, 0.29) is 12.3 Å². The molecule has 0 fully saturated rings. The first-order chi connectivity index (χ1) is 19.6. The van der Waals surface area contributed by atoms with Crippen molar-refractivity contribution in [3.8, 4) is 0 Å². The zero-order valence-electron chi connectivity index (χ0n) is 23.6. The van der Waals surface area contributed by atoms with Crippen molar-refractivity contribution in [1.82, 2.24) is 9.88 Å². The van der Waals surface area contributed by atoms with E-state index in [2.05, 4.69) is 4.98 Å². The van der Waals surface area contributed by atoms with E-state index in [1.165, 1.54) is 9.80 Å². The SMILES string of the molecule is Cc1cc(C)cc(C(=O)N(C)[C@@H](C)C(=O)N(c2ccc3ccccc3c2)[C@@H](Cc2c[nH]c3ccccc23)C(=O)O)c1. The van der Waals surface area contributed by atoms with E-state index in [1.54, 1.807) is 38.4 Å². The number of hydrogen-bond donors (Lipinski definition) is 2. The maximum Gasteiger partial charge on any atom is 0.327 e. The van der Waals surface area contributed by atoms with Crippen LogP contribution in [0.1, 0.15) is 34.0 Å². The van der Waals surface area contributed by atoms with E-state index in [4.69, 9.17) is 0 Å². The summed E-state index contributed by atoms with van der Waals surface area (Å²) in [7, 11) is 1.58. The Morgan fingerprint density at radius 3 is 2.22 bits per heavy atom. The number of likely N-dealkylation sites (N-methyl/N-ethyl adjacent to an activating group) is 1. The predicted octanol–water partition coefficient (Wildman–Crippen LogP) is 6.13. The summed E-state index contributed by atoms with van der Waals surface area (Å²) in [4.78, 5) is 46.6. The van der Waals surface area contributed by atoms with Gasteiger partial charge < -0.3 is 15.0 Å². The Morgan fingerprint density at radius 1 is 0.854 bits per heavy atom. The van der Waals surface area contributed by atoms with E-state index in [0.29, 0.717) is 11.3 Å². The van der Waals surface area contributed by atoms with Crippen LogP contribution in [0.2, 0.25) is 0 Å². The highest BCUT2D eigenvalue weighted by Crippen LogP contribution is 2.28. The van der Waals surface area contributed by atoms with Crippen molar-refractivity contribution in [2.75, 3.05) is 11.9 Å². The van der Waals surface area contributed by atoms with E-state index in [0.717, 1.165) is 38.4 Å². The quantitative estimate of drug-likeness (QED) is 0.245. The minimum atomic E-state index is -1.21. The van der Waals surface area contributed by atoms with Crippen molar-refractivity contribution in [3.63, 3.8) is 0 Å². The molecule has 0 saturated carbocycles. The van der Waals surface area contributed by atoms with Gasteiger partial charge in [-0.3, -0.25) is 14.5 Å². The number of aliphatic carboxylic acids is 1. The summed E-state index contributed by atoms with van der Waals surface area (Å²) < 4.78 is 0. The standard InChI is InChI=1S/C34H33N3O4/c1-21-15-22(2)17-26(16-21)33(39)36(4)23(3)32(38)37(28-14-13-24-9-5-6-10-25(24)18-28)31(34(40)41)19-27-20-35-30-12-8-7-11-29(27)30/h5-18,20,23,31,35H,19H2,1-4H3,(H,40,41)/t23-,31-/m0/s1. The van der Waals surface area contributed by atoms with Crippen LogP contribution < -0.4 is 4.90 Å². The highest BCUT2D eigenvalue weighted by Gasteiger charge is 2.36. The van der Waals surface area contributed by atoms with Gasteiger partial charge in [0, 0.05) is 41.8 Å². The molecule has 0 spiro atoms. The Balaban J connectivity index is 1.56. The Labute approximate surface area is 239 Å². The minimum Gasteiger partial charge on any atom is -0.480 e. The fourth-order valence-corrected chi connectivity index (χ4v) is 5.43. The molecule has 2 atom stereocenters. The van der Waals surface area contributed by atoms with Crippen molar-refractivity contribution in [3.05, 3.63) is 113 Å². The number of fused-ring (bicyclic) bond motifs is 2. The van der Waals surface area contributed by atoms with Gasteiger partial charge >= 0.3 is 5.97 Å². The van der Waals surface area contributed by atoms with E-state index in [9.17, 15) is 19.5 Å². The molecule has 0 saturated heterocycles. The van der Waals surface area contributed by atoms with Crippen LogP contribution in [0.5, 0.6) is 0 Å². The molecule has 7 nitrogen and oxygen atoms in total. The molecule has 5 aromatic rings. The molecule has 0 unspecified atom stereocenters. The van der Waals surface area contributed by atoms with E-state index in [1.807, 2.05) is 80.6 Å². The van der Waals surface area contributed by atoms with Crippen LogP contribution >= 0.6 is 0 Å². The number of benzene rings is 4. The third-order valence-corrected chi connectivity index (χ3v) is 7.66. The van der Waals surface area contributed by atoms with Crippen molar-refractivity contribution >= 4 is 45.1 Å². The highest BCUT2D eigenvalue weighted by molar-refractivity contribution is 6.06. The number of amides is 2. The Hall–Kier alpha value is -4.91. The number of aromatic nitrogens is 1. The summed E-state index contributed by atoms with van der Waals surface area (Å²) in [5.74, 6) is -1.92. The number of carboxylic acid groups (broad SMARTS) is 1. The van der Waals surface area contributed by atoms with Crippen molar-refractivity contribution in [2.45, 2.75) is 39.3 Å². The molecule has 4 aromatic carbocycles. The predicted molar refractivity (Wildman–Crippen MR) is 162 cm³/mol. The summed E-state index contributed by atoms with van der Waals surface area (Å²) in [6.45, 7) is 5.48. The van der Waals surface area contributed by atoms with Gasteiger partial charge in [0.05, 0.1) is 0 Å². The van der Waals surface area contributed by atoms with Crippen LogP contribution in [-0.2, 0) is 16.0 Å². The number of para-hydroxylation sites is 1. The summed E-state index contributed by atoms with van der Waals surface area (Å²) in [5, 5.41) is 13.3.